The van der Waals surface area contributed by atoms with Gasteiger partial charge in [-0.15, -0.1) is 0 Å². The molecule has 0 spiro atoms. The van der Waals surface area contributed by atoms with E-state index in [0.29, 0.717) is 0 Å². The van der Waals surface area contributed by atoms with Crippen molar-refractivity contribution in [2.75, 3.05) is 0 Å². The van der Waals surface area contributed by atoms with Gasteiger partial charge in [-0.3, -0.25) is 0 Å². The minimum Gasteiger partial charge on any atom is -0.309 e. The maximum absolute atomic E-state index is 5.42. The largest absolute Gasteiger partial charge is 0.309 e. The first-order valence-corrected chi connectivity index (χ1v) is 21.7. The Hall–Kier alpha value is -7.62. The lowest BCUT2D eigenvalue weighted by Crippen LogP contribution is -2.33. The molecule has 3 heteroatoms. The molecule has 2 aromatic heterocycles. The second kappa shape index (κ2) is 14.5. The predicted octanol–water partition coefficient (Wildman–Crippen LogP) is 15.0. The Labute approximate surface area is 361 Å². The maximum Gasteiger partial charge on any atom is 0.135 e. The van der Waals surface area contributed by atoms with Crippen LogP contribution in [-0.2, 0) is 18.3 Å². The van der Waals surface area contributed by atoms with Crippen LogP contribution in [0.2, 0.25) is 0 Å². The molecule has 294 valence electrons. The molecule has 0 radical (unpaired) electrons. The number of fused-ring (bicyclic) bond motifs is 9. The summed E-state index contributed by atoms with van der Waals surface area (Å²) >= 11 is 0. The van der Waals surface area contributed by atoms with Crippen molar-refractivity contribution in [3.05, 3.63) is 223 Å². The van der Waals surface area contributed by atoms with E-state index in [1.165, 1.54) is 76.7 Å². The molecular weight excluding hydrogens is 751 g/mol. The molecule has 1 unspecified atom stereocenters. The molecule has 0 fully saturated rings. The molecule has 0 aliphatic heterocycles. The van der Waals surface area contributed by atoms with Crippen molar-refractivity contribution < 1.29 is 0 Å². The normalized spacial score (nSPS) is 15.0. The molecule has 0 N–H and O–H groups in total. The highest BCUT2D eigenvalue weighted by Crippen LogP contribution is 2.47. The second-order valence-corrected chi connectivity index (χ2v) is 17.2. The summed E-state index contributed by atoms with van der Waals surface area (Å²) in [5, 5.41) is 7.81. The van der Waals surface area contributed by atoms with Crippen LogP contribution in [0.1, 0.15) is 30.3 Å². The van der Waals surface area contributed by atoms with E-state index in [1.807, 2.05) is 0 Å². The van der Waals surface area contributed by atoms with Crippen LogP contribution in [-0.4, -0.2) is 14.5 Å². The van der Waals surface area contributed by atoms with Crippen molar-refractivity contribution in [3.8, 4) is 50.5 Å². The van der Waals surface area contributed by atoms with Crippen LogP contribution < -0.4 is 0 Å². The Morgan fingerprint density at radius 3 is 1.66 bits per heavy atom. The number of hydrogen-bond donors (Lipinski definition) is 0. The maximum atomic E-state index is 5.42. The molecule has 0 saturated heterocycles. The molecule has 0 bridgehead atoms. The number of benzene rings is 9. The van der Waals surface area contributed by atoms with Gasteiger partial charge in [0.25, 0.3) is 0 Å². The summed E-state index contributed by atoms with van der Waals surface area (Å²) in [4.78, 5) is 10.8. The number of aryl methyl sites for hydroxylation is 1. The first kappa shape index (κ1) is 36.2. The van der Waals surface area contributed by atoms with Crippen molar-refractivity contribution in [1.29, 1.82) is 0 Å². The average Bonchev–Trinajstić information content (AvgIpc) is 3.68. The van der Waals surface area contributed by atoms with Crippen molar-refractivity contribution in [2.24, 2.45) is 0 Å². The summed E-state index contributed by atoms with van der Waals surface area (Å²) in [5.74, 6) is 0.909. The van der Waals surface area contributed by atoms with Crippen LogP contribution in [0, 0.1) is 0 Å². The van der Waals surface area contributed by atoms with Crippen molar-refractivity contribution in [3.63, 3.8) is 0 Å². The van der Waals surface area contributed by atoms with E-state index in [9.17, 15) is 0 Å². The predicted molar refractivity (Wildman–Crippen MR) is 259 cm³/mol. The third kappa shape index (κ3) is 5.96. The molecule has 1 atom stereocenters. The summed E-state index contributed by atoms with van der Waals surface area (Å²) in [6, 6.07) is 74.8. The zero-order chi connectivity index (χ0) is 41.2. The van der Waals surface area contributed by atoms with Crippen LogP contribution >= 0.6 is 0 Å². The van der Waals surface area contributed by atoms with Crippen LogP contribution in [0.25, 0.3) is 93.8 Å². The minimum atomic E-state index is -0.299. The zero-order valence-corrected chi connectivity index (χ0v) is 34.6. The minimum absolute atomic E-state index is 0.299. The van der Waals surface area contributed by atoms with E-state index in [0.717, 1.165) is 53.3 Å². The highest BCUT2D eigenvalue weighted by atomic mass is 15.0. The van der Waals surface area contributed by atoms with Gasteiger partial charge in [-0.2, -0.15) is 0 Å². The smallest absolute Gasteiger partial charge is 0.135 e. The van der Waals surface area contributed by atoms with Crippen LogP contribution in [0.5, 0.6) is 0 Å². The van der Waals surface area contributed by atoms with Gasteiger partial charge in [0.15, 0.2) is 0 Å². The van der Waals surface area contributed by atoms with Crippen LogP contribution in [0.4, 0.5) is 0 Å². The van der Waals surface area contributed by atoms with E-state index in [2.05, 4.69) is 218 Å². The summed E-state index contributed by atoms with van der Waals surface area (Å²) < 4.78 is 2.44. The van der Waals surface area contributed by atoms with Gasteiger partial charge in [-0.1, -0.05) is 183 Å². The SMILES string of the molecule is CC1(c2nc(-c3ccccc3)cc(-c3ccccc3)n2)CCc2c(c3c(-c4ccc5c6ccccc6n(-c6ccc(-c7ccccc7)cc6)c5c4)cccc3c3ccccc23)C1. The molecular formula is C59H43N3. The Bertz CT molecular complexity index is 3420. The van der Waals surface area contributed by atoms with E-state index in [4.69, 9.17) is 9.97 Å². The quantitative estimate of drug-likeness (QED) is 0.157. The average molecular weight is 794 g/mol. The lowest BCUT2D eigenvalue weighted by Gasteiger charge is -2.36. The molecule has 0 amide bonds. The fraction of sp³-hybridized carbons (Fsp3) is 0.0847. The van der Waals surface area contributed by atoms with Crippen molar-refractivity contribution in [2.45, 2.75) is 31.6 Å². The molecule has 1 aliphatic rings. The summed E-state index contributed by atoms with van der Waals surface area (Å²) in [6.07, 6.45) is 2.74. The third-order valence-corrected chi connectivity index (χ3v) is 13.4. The van der Waals surface area contributed by atoms with Crippen molar-refractivity contribution in [1.82, 2.24) is 14.5 Å². The van der Waals surface area contributed by atoms with Gasteiger partial charge in [0, 0.05) is 33.0 Å². The Kier molecular flexibility index (Phi) is 8.50. The fourth-order valence-corrected chi connectivity index (χ4v) is 10.3. The first-order chi connectivity index (χ1) is 30.6. The number of para-hydroxylation sites is 1. The van der Waals surface area contributed by atoms with Crippen LogP contribution in [0.3, 0.4) is 0 Å². The second-order valence-electron chi connectivity index (χ2n) is 17.2. The molecule has 3 nitrogen and oxygen atoms in total. The molecule has 0 saturated carbocycles. The summed E-state index contributed by atoms with van der Waals surface area (Å²) in [6.45, 7) is 2.39. The highest BCUT2D eigenvalue weighted by molar-refractivity contribution is 6.16. The van der Waals surface area contributed by atoms with Gasteiger partial charge < -0.3 is 4.57 Å². The monoisotopic (exact) mass is 793 g/mol. The first-order valence-electron chi connectivity index (χ1n) is 21.7. The van der Waals surface area contributed by atoms with Gasteiger partial charge in [0.05, 0.1) is 22.4 Å². The van der Waals surface area contributed by atoms with E-state index in [-0.39, 0.29) is 5.41 Å². The summed E-state index contributed by atoms with van der Waals surface area (Å²) in [5.41, 5.74) is 15.2. The fourth-order valence-electron chi connectivity index (χ4n) is 10.3. The highest BCUT2D eigenvalue weighted by Gasteiger charge is 2.37. The topological polar surface area (TPSA) is 30.7 Å². The molecule has 12 rings (SSSR count). The van der Waals surface area contributed by atoms with Gasteiger partial charge in [-0.05, 0) is 105 Å². The number of rotatable bonds is 6. The van der Waals surface area contributed by atoms with E-state index in [1.54, 1.807) is 0 Å². The number of nitrogens with zero attached hydrogens (tertiary/aromatic N) is 3. The Morgan fingerprint density at radius 1 is 0.419 bits per heavy atom. The molecule has 62 heavy (non-hydrogen) atoms. The van der Waals surface area contributed by atoms with Gasteiger partial charge in [-0.25, -0.2) is 9.97 Å². The Morgan fingerprint density at radius 2 is 0.968 bits per heavy atom. The van der Waals surface area contributed by atoms with Gasteiger partial charge >= 0.3 is 0 Å². The molecule has 11 aromatic rings. The Balaban J connectivity index is 1.05. The number of hydrogen-bond acceptors (Lipinski definition) is 2. The molecule has 9 aromatic carbocycles. The third-order valence-electron chi connectivity index (χ3n) is 13.4. The van der Waals surface area contributed by atoms with Gasteiger partial charge in [0.2, 0.25) is 0 Å². The van der Waals surface area contributed by atoms with E-state index < -0.39 is 0 Å². The van der Waals surface area contributed by atoms with Gasteiger partial charge in [0.1, 0.15) is 5.82 Å². The standard InChI is InChI=1S/C59H43N3/c1-59(58-60-53(41-18-7-3-8-19-41)37-54(61-58)42-20-9-4-10-21-42)35-34-48-46-22-11-12-23-47(46)51-26-15-25-45(57(51)52(48)38-59)43-30-33-50-49-24-13-14-27-55(49)62(56(50)36-43)44-31-28-40(29-32-44)39-16-5-2-6-17-39/h2-33,36-37H,34-35,38H2,1H3. The molecule has 1 aliphatic carbocycles. The number of aromatic nitrogens is 3. The lowest BCUT2D eigenvalue weighted by molar-refractivity contribution is 0.388. The molecule has 2 heterocycles. The van der Waals surface area contributed by atoms with E-state index >= 15 is 0 Å². The van der Waals surface area contributed by atoms with Crippen LogP contribution in [0.15, 0.2) is 206 Å². The summed E-state index contributed by atoms with van der Waals surface area (Å²) in [7, 11) is 0. The van der Waals surface area contributed by atoms with Crippen molar-refractivity contribution >= 4 is 43.4 Å². The zero-order valence-electron chi connectivity index (χ0n) is 34.6. The lowest BCUT2D eigenvalue weighted by atomic mass is 9.69.